The maximum Gasteiger partial charge on any atom is 0.248 e. The lowest BCUT2D eigenvalue weighted by atomic mass is 10.0. The smallest absolute Gasteiger partial charge is 0.248 e. The number of carbonyl (C=O) groups excluding carboxylic acids is 1. The second kappa shape index (κ2) is 9.93. The van der Waals surface area contributed by atoms with E-state index in [0.717, 1.165) is 31.6 Å². The van der Waals surface area contributed by atoms with Crippen molar-refractivity contribution < 1.29 is 9.53 Å². The highest BCUT2D eigenvalue weighted by Gasteiger charge is 2.21. The van der Waals surface area contributed by atoms with Crippen LogP contribution in [0.2, 0.25) is 0 Å². The molecule has 2 N–H and O–H groups in total. The molecule has 6 nitrogen and oxygen atoms in total. The van der Waals surface area contributed by atoms with Crippen molar-refractivity contribution in [3.05, 3.63) is 29.8 Å². The van der Waals surface area contributed by atoms with E-state index in [4.69, 9.17) is 4.74 Å². The first-order chi connectivity index (χ1) is 11.8. The van der Waals surface area contributed by atoms with Crippen LogP contribution in [0.3, 0.4) is 0 Å². The molecule has 24 heavy (non-hydrogen) atoms. The van der Waals surface area contributed by atoms with Gasteiger partial charge in [-0.1, -0.05) is 18.2 Å². The highest BCUT2D eigenvalue weighted by Crippen LogP contribution is 2.26. The third kappa shape index (κ3) is 5.23. The summed E-state index contributed by atoms with van der Waals surface area (Å²) >= 11 is 0. The number of aryl methyl sites for hydroxylation is 1. The van der Waals surface area contributed by atoms with Crippen molar-refractivity contribution in [2.75, 3.05) is 44.3 Å². The number of anilines is 1. The number of aliphatic imine (C=N–C) groups is 1. The Kier molecular flexibility index (Phi) is 7.55. The summed E-state index contributed by atoms with van der Waals surface area (Å²) in [6, 6.07) is 8.11. The van der Waals surface area contributed by atoms with Gasteiger partial charge in [0.15, 0.2) is 5.96 Å². The molecule has 0 saturated heterocycles. The Labute approximate surface area is 144 Å². The summed E-state index contributed by atoms with van der Waals surface area (Å²) in [4.78, 5) is 18.8. The van der Waals surface area contributed by atoms with Gasteiger partial charge in [0, 0.05) is 31.9 Å². The standard InChI is InChI=1S/C18H28N4O2/c1-3-19-18(20-11-13-24-4-2)21-14-17(23)22-12-7-9-15-8-5-6-10-16(15)22/h5-6,8,10H,3-4,7,9,11-14H2,1-2H3,(H2,19,20,21). The molecule has 0 aromatic heterocycles. The van der Waals surface area contributed by atoms with Gasteiger partial charge in [-0.05, 0) is 38.3 Å². The molecule has 2 rings (SSSR count). The number of nitrogens with one attached hydrogen (secondary N) is 2. The molecule has 6 heteroatoms. The molecule has 1 aliphatic rings. The van der Waals surface area contributed by atoms with Crippen molar-refractivity contribution in [2.24, 2.45) is 4.99 Å². The Morgan fingerprint density at radius 1 is 1.29 bits per heavy atom. The lowest BCUT2D eigenvalue weighted by Crippen LogP contribution is -2.41. The highest BCUT2D eigenvalue weighted by atomic mass is 16.5. The zero-order valence-electron chi connectivity index (χ0n) is 14.7. The van der Waals surface area contributed by atoms with E-state index in [1.807, 2.05) is 36.9 Å². The number of ether oxygens (including phenoxy) is 1. The zero-order chi connectivity index (χ0) is 17.2. The van der Waals surface area contributed by atoms with Crippen molar-refractivity contribution in [1.82, 2.24) is 10.6 Å². The number of hydrogen-bond acceptors (Lipinski definition) is 3. The number of carbonyl (C=O) groups is 1. The third-order valence-corrected chi connectivity index (χ3v) is 3.87. The number of amides is 1. The molecule has 1 aromatic rings. The normalized spacial score (nSPS) is 14.2. The highest BCUT2D eigenvalue weighted by molar-refractivity contribution is 5.97. The summed E-state index contributed by atoms with van der Waals surface area (Å²) in [6.07, 6.45) is 2.03. The summed E-state index contributed by atoms with van der Waals surface area (Å²) in [5.74, 6) is 0.681. The van der Waals surface area contributed by atoms with Gasteiger partial charge in [0.05, 0.1) is 6.61 Å². The molecule has 132 valence electrons. The van der Waals surface area contributed by atoms with Crippen LogP contribution in [-0.4, -0.2) is 51.3 Å². The van der Waals surface area contributed by atoms with E-state index in [9.17, 15) is 4.79 Å². The van der Waals surface area contributed by atoms with E-state index < -0.39 is 0 Å². The molecule has 1 heterocycles. The summed E-state index contributed by atoms with van der Waals surface area (Å²) < 4.78 is 5.30. The second-order valence-electron chi connectivity index (χ2n) is 5.60. The first kappa shape index (κ1) is 18.3. The average molecular weight is 332 g/mol. The van der Waals surface area contributed by atoms with Gasteiger partial charge in [-0.25, -0.2) is 4.99 Å². The van der Waals surface area contributed by atoms with Crippen LogP contribution in [0.15, 0.2) is 29.3 Å². The number of rotatable bonds is 7. The van der Waals surface area contributed by atoms with Gasteiger partial charge in [0.2, 0.25) is 5.91 Å². The summed E-state index contributed by atoms with van der Waals surface area (Å²) in [5.41, 5.74) is 2.26. The Morgan fingerprint density at radius 2 is 2.12 bits per heavy atom. The van der Waals surface area contributed by atoms with Crippen molar-refractivity contribution in [1.29, 1.82) is 0 Å². The first-order valence-electron chi connectivity index (χ1n) is 8.74. The molecule has 1 aromatic carbocycles. The van der Waals surface area contributed by atoms with Crippen LogP contribution in [0.4, 0.5) is 5.69 Å². The van der Waals surface area contributed by atoms with Gasteiger partial charge < -0.3 is 20.3 Å². The van der Waals surface area contributed by atoms with E-state index >= 15 is 0 Å². The minimum absolute atomic E-state index is 0.0316. The molecular formula is C18H28N4O2. The predicted molar refractivity (Wildman–Crippen MR) is 97.6 cm³/mol. The number of benzene rings is 1. The monoisotopic (exact) mass is 332 g/mol. The molecule has 0 radical (unpaired) electrons. The van der Waals surface area contributed by atoms with Crippen LogP contribution in [0, 0.1) is 0 Å². The molecular weight excluding hydrogens is 304 g/mol. The quantitative estimate of drug-likeness (QED) is 0.452. The number of hydrogen-bond donors (Lipinski definition) is 2. The number of guanidine groups is 1. The second-order valence-corrected chi connectivity index (χ2v) is 5.60. The Bertz CT molecular complexity index is 560. The Hall–Kier alpha value is -2.08. The average Bonchev–Trinajstić information content (AvgIpc) is 2.62. The lowest BCUT2D eigenvalue weighted by molar-refractivity contribution is -0.117. The fourth-order valence-corrected chi connectivity index (χ4v) is 2.75. The maximum absolute atomic E-state index is 12.6. The molecule has 0 atom stereocenters. The molecule has 0 unspecified atom stereocenters. The Balaban J connectivity index is 1.94. The van der Waals surface area contributed by atoms with E-state index in [-0.39, 0.29) is 12.5 Å². The third-order valence-electron chi connectivity index (χ3n) is 3.87. The van der Waals surface area contributed by atoms with Crippen LogP contribution < -0.4 is 15.5 Å². The summed E-state index contributed by atoms with van der Waals surface area (Å²) in [6.45, 7) is 7.60. The van der Waals surface area contributed by atoms with E-state index in [0.29, 0.717) is 25.7 Å². The number of nitrogens with zero attached hydrogens (tertiary/aromatic N) is 2. The minimum atomic E-state index is 0.0316. The van der Waals surface area contributed by atoms with E-state index in [1.165, 1.54) is 5.56 Å². The number of fused-ring (bicyclic) bond motifs is 1. The summed E-state index contributed by atoms with van der Waals surface area (Å²) in [7, 11) is 0. The molecule has 0 saturated carbocycles. The van der Waals surface area contributed by atoms with Gasteiger partial charge >= 0.3 is 0 Å². The van der Waals surface area contributed by atoms with Gasteiger partial charge in [0.1, 0.15) is 6.54 Å². The molecule has 0 aliphatic carbocycles. The van der Waals surface area contributed by atoms with Crippen molar-refractivity contribution in [3.63, 3.8) is 0 Å². The molecule has 0 spiro atoms. The van der Waals surface area contributed by atoms with Crippen LogP contribution in [0.25, 0.3) is 0 Å². The van der Waals surface area contributed by atoms with E-state index in [2.05, 4.69) is 21.7 Å². The van der Waals surface area contributed by atoms with Crippen LogP contribution in [0.1, 0.15) is 25.8 Å². The summed E-state index contributed by atoms with van der Waals surface area (Å²) in [5, 5.41) is 6.33. The van der Waals surface area contributed by atoms with Crippen molar-refractivity contribution in [3.8, 4) is 0 Å². The molecule has 1 amide bonds. The van der Waals surface area contributed by atoms with Crippen molar-refractivity contribution in [2.45, 2.75) is 26.7 Å². The van der Waals surface area contributed by atoms with Gasteiger partial charge in [-0.2, -0.15) is 0 Å². The lowest BCUT2D eigenvalue weighted by Gasteiger charge is -2.29. The molecule has 0 fully saturated rings. The van der Waals surface area contributed by atoms with Crippen LogP contribution in [0.5, 0.6) is 0 Å². The van der Waals surface area contributed by atoms with Crippen molar-refractivity contribution >= 4 is 17.6 Å². The van der Waals surface area contributed by atoms with Crippen LogP contribution >= 0.6 is 0 Å². The van der Waals surface area contributed by atoms with E-state index in [1.54, 1.807) is 0 Å². The zero-order valence-corrected chi connectivity index (χ0v) is 14.7. The number of para-hydroxylation sites is 1. The van der Waals surface area contributed by atoms with Gasteiger partial charge in [-0.3, -0.25) is 4.79 Å². The SMILES string of the molecule is CCNC(=NCC(=O)N1CCCc2ccccc21)NCCOCC. The maximum atomic E-state index is 12.6. The predicted octanol–water partition coefficient (Wildman–Crippen LogP) is 1.56. The minimum Gasteiger partial charge on any atom is -0.380 e. The molecule has 0 bridgehead atoms. The van der Waals surface area contributed by atoms with Gasteiger partial charge in [-0.15, -0.1) is 0 Å². The molecule has 1 aliphatic heterocycles. The fourth-order valence-electron chi connectivity index (χ4n) is 2.75. The first-order valence-corrected chi connectivity index (χ1v) is 8.74. The fraction of sp³-hybridized carbons (Fsp3) is 0.556. The Morgan fingerprint density at radius 3 is 2.92 bits per heavy atom. The van der Waals surface area contributed by atoms with Crippen LogP contribution in [-0.2, 0) is 16.0 Å². The largest absolute Gasteiger partial charge is 0.380 e. The van der Waals surface area contributed by atoms with Gasteiger partial charge in [0.25, 0.3) is 0 Å². The topological polar surface area (TPSA) is 66.0 Å².